The number of nitrogens with zero attached hydrogens (tertiary/aromatic N) is 2. The van der Waals surface area contributed by atoms with Gasteiger partial charge in [0.05, 0.1) is 70.2 Å². The Labute approximate surface area is 394 Å². The number of phenolic OH excluding ortho intramolecular Hbond substituents is 1. The van der Waals surface area contributed by atoms with Gasteiger partial charge in [-0.25, -0.2) is 4.79 Å². The lowest BCUT2D eigenvalue weighted by molar-refractivity contribution is -0.374. The molecule has 20 nitrogen and oxygen atoms in total. The Morgan fingerprint density at radius 3 is 1.59 bits per heavy atom. The normalized spacial score (nSPS) is 16.7. The van der Waals surface area contributed by atoms with Crippen LogP contribution in [0.3, 0.4) is 0 Å². The number of rotatable bonds is 19. The van der Waals surface area contributed by atoms with Crippen LogP contribution in [0.25, 0.3) is 0 Å². The minimum absolute atomic E-state index is 0.133. The number of hydrogen-bond acceptors (Lipinski definition) is 16. The summed E-state index contributed by atoms with van der Waals surface area (Å²) < 4.78 is 31.9. The number of phenols is 1. The lowest BCUT2D eigenvalue weighted by Gasteiger charge is -2.51. The van der Waals surface area contributed by atoms with E-state index in [-0.39, 0.29) is 29.4 Å². The molecular weight excluding hydrogens is 928 g/mol. The van der Waals surface area contributed by atoms with Gasteiger partial charge in [0.15, 0.2) is 0 Å². The molecule has 0 radical (unpaired) electrons. The number of halogens is 1. The number of nitrogens with one attached hydrogen (secondary N) is 3. The van der Waals surface area contributed by atoms with E-state index < -0.39 is 28.5 Å². The molecule has 5 amide bonds. The van der Waals surface area contributed by atoms with Crippen LogP contribution in [0.1, 0.15) is 53.4 Å². The molecule has 4 aliphatic rings. The van der Waals surface area contributed by atoms with Gasteiger partial charge >= 0.3 is 6.09 Å². The monoisotopic (exact) mass is 994 g/mol. The number of piperidine rings is 2. The molecule has 4 fully saturated rings. The van der Waals surface area contributed by atoms with Gasteiger partial charge in [0.2, 0.25) is 23.6 Å². The van der Waals surface area contributed by atoms with Gasteiger partial charge < -0.3 is 64.3 Å². The van der Waals surface area contributed by atoms with Crippen molar-refractivity contribution in [3.05, 3.63) is 48.5 Å². The van der Waals surface area contributed by atoms with Crippen molar-refractivity contribution < 1.29 is 73.1 Å². The second-order valence-corrected chi connectivity index (χ2v) is 17.6. The number of alkyl carbamates (subject to hydrolysis) is 1. The minimum atomic E-state index is -1.08. The van der Waals surface area contributed by atoms with Crippen molar-refractivity contribution in [2.45, 2.75) is 59.0 Å². The zero-order chi connectivity index (χ0) is 48.6. The Hall–Kier alpha value is -5.06. The Kier molecular flexibility index (Phi) is 23.6. The topological polar surface area (TPSA) is 271 Å². The van der Waals surface area contributed by atoms with Gasteiger partial charge in [0, 0.05) is 68.2 Å². The van der Waals surface area contributed by atoms with E-state index in [4.69, 9.17) is 38.3 Å². The largest absolute Gasteiger partial charge is 0.550 e. The molecule has 21 heteroatoms. The highest BCUT2D eigenvalue weighted by Gasteiger charge is 2.52. The number of carboxylic acid groups (broad SMARTS) is 1. The van der Waals surface area contributed by atoms with Crippen molar-refractivity contribution in [1.82, 2.24) is 16.0 Å². The van der Waals surface area contributed by atoms with E-state index in [9.17, 15) is 29.1 Å². The van der Waals surface area contributed by atoms with Gasteiger partial charge in [-0.05, 0) is 89.1 Å². The molecule has 368 valence electrons. The number of carboxylic acids is 1. The number of aromatic hydroxyl groups is 1. The number of carbonyl (C=O) groups is 6. The predicted octanol–water partition coefficient (Wildman–Crippen LogP) is 0.914. The SMILES string of the molecule is CC(=O)[O-].CC(C)(C)OC(=O)NCCOCCOCCBr.O=C1CCC2(CN(c3ccc(O)cc3)C2)C(=O)N1.[NH3+]CCOCCOCCOc1ccc(N2CC3(CCC(=O)NC3=O)C2)cc1. The highest BCUT2D eigenvalue weighted by atomic mass is 79.9. The standard InChI is InChI=1S/C19H27N3O5.C13H14N2O3.C11H22BrNO4.C2H4O2/c20-7-8-25-9-10-26-11-12-27-16-3-1-15(2-4-16)22-13-19(14-22)6-5-17(23)21-18(19)24;16-10-3-1-9(2-4-10)15-7-13(8-15)6-5-11(17)14-12(13)18;1-11(2,3)17-10(14)13-5-7-16-9-8-15-6-4-12;1-2(3)4/h1-4H,5-14,20H2,(H,21,23,24);1-4,16H,5-8H2,(H,14,17,18);4-9H2,1-3H3,(H,13,14);1H3,(H,3,4). The lowest BCUT2D eigenvalue weighted by Crippen LogP contribution is -2.66. The Bertz CT molecular complexity index is 1830. The van der Waals surface area contributed by atoms with Crippen molar-refractivity contribution in [2.24, 2.45) is 10.8 Å². The van der Waals surface area contributed by atoms with E-state index >= 15 is 0 Å². The summed E-state index contributed by atoms with van der Waals surface area (Å²) in [6, 6.07) is 14.7. The number of ether oxygens (including phenoxy) is 6. The summed E-state index contributed by atoms with van der Waals surface area (Å²) in [6.45, 7) is 15.2. The molecule has 4 saturated heterocycles. The summed E-state index contributed by atoms with van der Waals surface area (Å²) in [4.78, 5) is 70.7. The summed E-state index contributed by atoms with van der Waals surface area (Å²) in [6.07, 6.45) is 1.70. The molecule has 4 aliphatic heterocycles. The number of aliphatic carboxylic acids is 1. The smallest absolute Gasteiger partial charge is 0.407 e. The molecule has 0 aromatic heterocycles. The summed E-state index contributed by atoms with van der Waals surface area (Å²) in [5.41, 5.74) is 4.48. The molecule has 0 bridgehead atoms. The molecule has 2 aromatic carbocycles. The number of hydrogen-bond donors (Lipinski definition) is 5. The van der Waals surface area contributed by atoms with E-state index in [1.54, 1.807) is 12.1 Å². The van der Waals surface area contributed by atoms with E-state index in [2.05, 4.69) is 47.4 Å². The van der Waals surface area contributed by atoms with Gasteiger partial charge in [0.1, 0.15) is 23.7 Å². The number of alkyl halides is 1. The lowest BCUT2D eigenvalue weighted by atomic mass is 9.73. The number of benzene rings is 2. The highest BCUT2D eigenvalue weighted by molar-refractivity contribution is 9.09. The van der Waals surface area contributed by atoms with Crippen LogP contribution in [-0.4, -0.2) is 150 Å². The first-order valence-electron chi connectivity index (χ1n) is 21.9. The van der Waals surface area contributed by atoms with Crippen molar-refractivity contribution in [2.75, 3.05) is 114 Å². The fraction of sp³-hybridized carbons (Fsp3) is 0.600. The van der Waals surface area contributed by atoms with Gasteiger partial charge in [-0.1, -0.05) is 15.9 Å². The first-order valence-corrected chi connectivity index (χ1v) is 23.0. The number of quaternary nitrogens is 1. The van der Waals surface area contributed by atoms with Gasteiger partial charge in [-0.2, -0.15) is 0 Å². The van der Waals surface area contributed by atoms with Crippen LogP contribution in [0, 0.1) is 10.8 Å². The zero-order valence-corrected chi connectivity index (χ0v) is 40.1. The number of carbonyl (C=O) groups excluding carboxylic acids is 6. The molecule has 0 aliphatic carbocycles. The fourth-order valence-corrected chi connectivity index (χ4v) is 7.12. The average Bonchev–Trinajstić information content (AvgIpc) is 3.22. The van der Waals surface area contributed by atoms with E-state index in [0.29, 0.717) is 118 Å². The van der Waals surface area contributed by atoms with Crippen LogP contribution in [0.2, 0.25) is 0 Å². The van der Waals surface area contributed by atoms with Crippen molar-refractivity contribution in [3.8, 4) is 11.5 Å². The molecule has 66 heavy (non-hydrogen) atoms. The van der Waals surface area contributed by atoms with Crippen LogP contribution < -0.4 is 41.3 Å². The van der Waals surface area contributed by atoms with Crippen molar-refractivity contribution >= 4 is 63.0 Å². The third-order valence-corrected chi connectivity index (χ3v) is 10.5. The number of anilines is 2. The van der Waals surface area contributed by atoms with Crippen LogP contribution in [-0.2, 0) is 47.7 Å². The number of amides is 5. The molecule has 0 atom stereocenters. The molecule has 2 aromatic rings. The van der Waals surface area contributed by atoms with E-state index in [0.717, 1.165) is 35.9 Å². The molecule has 6 rings (SSSR count). The van der Waals surface area contributed by atoms with E-state index in [1.165, 1.54) is 0 Å². The Morgan fingerprint density at radius 2 is 1.15 bits per heavy atom. The van der Waals surface area contributed by atoms with Crippen LogP contribution >= 0.6 is 15.9 Å². The Morgan fingerprint density at radius 1 is 0.727 bits per heavy atom. The second-order valence-electron chi connectivity index (χ2n) is 16.8. The first-order chi connectivity index (χ1) is 31.4. The Balaban J connectivity index is 0.000000261. The molecule has 0 saturated carbocycles. The summed E-state index contributed by atoms with van der Waals surface area (Å²) in [7, 11) is 0. The quantitative estimate of drug-likeness (QED) is 0.0744. The summed E-state index contributed by atoms with van der Waals surface area (Å²) in [5.74, 6) is -0.684. The maximum Gasteiger partial charge on any atom is 0.407 e. The molecule has 7 N–H and O–H groups in total. The maximum absolute atomic E-state index is 12.1. The average molecular weight is 996 g/mol. The maximum atomic E-state index is 12.1. The summed E-state index contributed by atoms with van der Waals surface area (Å²) in [5, 5.41) is 26.4. The third kappa shape index (κ3) is 19.8. The molecule has 4 heterocycles. The summed E-state index contributed by atoms with van der Waals surface area (Å²) >= 11 is 3.26. The van der Waals surface area contributed by atoms with Gasteiger partial charge in [-0.15, -0.1) is 0 Å². The van der Waals surface area contributed by atoms with Crippen LogP contribution in [0.15, 0.2) is 48.5 Å². The molecule has 2 spiro atoms. The third-order valence-electron chi connectivity index (χ3n) is 10.2. The first kappa shape index (κ1) is 55.3. The second kappa shape index (κ2) is 28.2. The van der Waals surface area contributed by atoms with Gasteiger partial charge in [0.25, 0.3) is 0 Å². The van der Waals surface area contributed by atoms with Crippen molar-refractivity contribution in [1.29, 1.82) is 0 Å². The molecule has 0 unspecified atom stereocenters. The van der Waals surface area contributed by atoms with Crippen LogP contribution in [0.4, 0.5) is 16.2 Å². The van der Waals surface area contributed by atoms with Crippen molar-refractivity contribution in [3.63, 3.8) is 0 Å². The molecular formula is C45H67BrN6O14. The minimum Gasteiger partial charge on any atom is -0.550 e. The van der Waals surface area contributed by atoms with Crippen LogP contribution in [0.5, 0.6) is 11.5 Å². The number of imide groups is 2. The zero-order valence-electron chi connectivity index (χ0n) is 38.5. The van der Waals surface area contributed by atoms with E-state index in [1.807, 2.05) is 57.2 Å². The fourth-order valence-electron chi connectivity index (χ4n) is 6.89. The van der Waals surface area contributed by atoms with Gasteiger partial charge in [-0.3, -0.25) is 29.8 Å². The highest BCUT2D eigenvalue weighted by Crippen LogP contribution is 2.41. The predicted molar refractivity (Wildman–Crippen MR) is 244 cm³/mol.